The number of nitrogens with two attached hydrogens (primary N) is 1. The summed E-state index contributed by atoms with van der Waals surface area (Å²) in [7, 11) is -1.28. The fourth-order valence-corrected chi connectivity index (χ4v) is 1.72. The molecule has 0 bridgehead atoms. The zero-order chi connectivity index (χ0) is 9.28. The van der Waals surface area contributed by atoms with Crippen LogP contribution in [0, 0.1) is 11.3 Å². The van der Waals surface area contributed by atoms with E-state index in [1.54, 1.807) is 0 Å². The van der Waals surface area contributed by atoms with E-state index in [4.69, 9.17) is 23.2 Å². The Kier molecular flexibility index (Phi) is 2.92. The Bertz CT molecular complexity index is 213. The molecule has 2 nitrogen and oxygen atoms in total. The van der Waals surface area contributed by atoms with Crippen molar-refractivity contribution in [3.05, 3.63) is 0 Å². The number of nitriles is 1. The van der Waals surface area contributed by atoms with E-state index in [0.29, 0.717) is 4.32 Å². The highest BCUT2D eigenvalue weighted by molar-refractivity contribution is 8.49. The van der Waals surface area contributed by atoms with Crippen LogP contribution < -0.4 is 5.73 Å². The smallest absolute Gasteiger partial charge is 0.114 e. The molecule has 0 amide bonds. The van der Waals surface area contributed by atoms with Crippen LogP contribution in [0.2, 0.25) is 0 Å². The third-order valence-corrected chi connectivity index (χ3v) is 6.95. The van der Waals surface area contributed by atoms with Gasteiger partial charge in [0.25, 0.3) is 0 Å². The molecule has 0 radical (unpaired) electrons. The topological polar surface area (TPSA) is 49.8 Å². The maximum atomic E-state index is 8.83. The number of hydrogen-bond acceptors (Lipinski definition) is 2. The van der Waals surface area contributed by atoms with E-state index in [-0.39, 0.29) is 0 Å². The summed E-state index contributed by atoms with van der Waals surface area (Å²) in [5, 5.41) is 8.83. The van der Waals surface area contributed by atoms with E-state index in [9.17, 15) is 0 Å². The van der Waals surface area contributed by atoms with Crippen molar-refractivity contribution in [2.45, 2.75) is 18.6 Å². The van der Waals surface area contributed by atoms with Gasteiger partial charge in [-0.05, 0) is 26.4 Å². The zero-order valence-corrected chi connectivity index (χ0v) is 8.97. The van der Waals surface area contributed by atoms with Crippen LogP contribution in [0.25, 0.3) is 0 Å². The van der Waals surface area contributed by atoms with Crippen LogP contribution >= 0.6 is 22.2 Å². The highest BCUT2D eigenvalue weighted by Crippen LogP contribution is 2.52. The molecule has 0 aromatic carbocycles. The maximum Gasteiger partial charge on any atom is 0.114 e. The fraction of sp³-hybridized carbons (Fsp3) is 0.714. The summed E-state index contributed by atoms with van der Waals surface area (Å²) < 4.78 is 0.0581. The lowest BCUT2D eigenvalue weighted by Gasteiger charge is -2.40. The minimum atomic E-state index is -1.28. The SMILES string of the molecule is CC(C)(C#N)S(C)(C)C(N)=S. The molecule has 0 unspecified atom stereocenters. The van der Waals surface area contributed by atoms with Crippen molar-refractivity contribution in [3.8, 4) is 6.07 Å². The molecule has 0 spiro atoms. The molecule has 0 rings (SSSR count). The van der Waals surface area contributed by atoms with Crippen molar-refractivity contribution in [3.63, 3.8) is 0 Å². The van der Waals surface area contributed by atoms with Crippen LogP contribution in [-0.4, -0.2) is 21.6 Å². The Morgan fingerprint density at radius 1 is 1.55 bits per heavy atom. The second kappa shape index (κ2) is 3.00. The summed E-state index contributed by atoms with van der Waals surface area (Å²) in [5.41, 5.74) is 5.55. The lowest BCUT2D eigenvalue weighted by atomic mass is 10.2. The monoisotopic (exact) mass is 190 g/mol. The summed E-state index contributed by atoms with van der Waals surface area (Å²) >= 11 is 4.91. The normalized spacial score (nSPS) is 13.7. The van der Waals surface area contributed by atoms with E-state index in [1.807, 2.05) is 26.4 Å². The molecule has 0 aliphatic heterocycles. The first-order chi connectivity index (χ1) is 4.75. The third kappa shape index (κ3) is 1.85. The standard InChI is InChI=1S/C7H14N2S2/c1-7(2,5-8)11(3,4)6(9)10/h1-4H3,(H2,9,10). The number of rotatable bonds is 1. The molecule has 0 aromatic heterocycles. The highest BCUT2D eigenvalue weighted by atomic mass is 32.3. The van der Waals surface area contributed by atoms with E-state index >= 15 is 0 Å². The molecule has 0 saturated heterocycles. The predicted molar refractivity (Wildman–Crippen MR) is 55.9 cm³/mol. The number of thiocarbonyl (C=S) groups is 1. The van der Waals surface area contributed by atoms with E-state index in [1.165, 1.54) is 0 Å². The van der Waals surface area contributed by atoms with Crippen molar-refractivity contribution in [2.75, 3.05) is 12.5 Å². The first-order valence-electron chi connectivity index (χ1n) is 3.19. The quantitative estimate of drug-likeness (QED) is 0.639. The average Bonchev–Trinajstić information content (AvgIpc) is 1.87. The van der Waals surface area contributed by atoms with Gasteiger partial charge >= 0.3 is 0 Å². The zero-order valence-electron chi connectivity index (χ0n) is 7.34. The lowest BCUT2D eigenvalue weighted by molar-refractivity contribution is 0.905. The molecule has 11 heavy (non-hydrogen) atoms. The van der Waals surface area contributed by atoms with Crippen LogP contribution in [-0.2, 0) is 0 Å². The third-order valence-electron chi connectivity index (χ3n) is 2.05. The molecule has 0 fully saturated rings. The Morgan fingerprint density at radius 2 is 1.91 bits per heavy atom. The van der Waals surface area contributed by atoms with Crippen molar-refractivity contribution in [2.24, 2.45) is 5.73 Å². The van der Waals surface area contributed by atoms with Gasteiger partial charge < -0.3 is 5.73 Å². The predicted octanol–water partition coefficient (Wildman–Crippen LogP) is 1.60. The average molecular weight is 190 g/mol. The van der Waals surface area contributed by atoms with Gasteiger partial charge in [-0.1, -0.05) is 12.2 Å². The van der Waals surface area contributed by atoms with Crippen molar-refractivity contribution >= 4 is 26.6 Å². The molecule has 64 valence electrons. The Labute approximate surface area is 75.1 Å². The van der Waals surface area contributed by atoms with Crippen molar-refractivity contribution in [1.82, 2.24) is 0 Å². The first kappa shape index (κ1) is 10.7. The van der Waals surface area contributed by atoms with E-state index < -0.39 is 14.8 Å². The first-order valence-corrected chi connectivity index (χ1v) is 6.05. The molecular formula is C7H14N2S2. The molecular weight excluding hydrogens is 176 g/mol. The van der Waals surface area contributed by atoms with Crippen LogP contribution in [0.1, 0.15) is 13.8 Å². The summed E-state index contributed by atoms with van der Waals surface area (Å²) in [6.45, 7) is 3.75. The van der Waals surface area contributed by atoms with Gasteiger partial charge in [0.1, 0.15) is 4.32 Å². The van der Waals surface area contributed by atoms with E-state index in [2.05, 4.69) is 6.07 Å². The summed E-state index contributed by atoms with van der Waals surface area (Å²) in [6.07, 6.45) is 3.94. The molecule has 0 aromatic rings. The fourth-order valence-electron chi connectivity index (χ4n) is 0.366. The Hall–Kier alpha value is -0.270. The number of hydrogen-bond donors (Lipinski definition) is 1. The molecule has 2 N–H and O–H groups in total. The van der Waals surface area contributed by atoms with Gasteiger partial charge in [0, 0.05) is 0 Å². The van der Waals surface area contributed by atoms with Crippen LogP contribution in [0.3, 0.4) is 0 Å². The molecule has 0 heterocycles. The second-order valence-electron chi connectivity index (χ2n) is 3.27. The summed E-state index contributed by atoms with van der Waals surface area (Å²) in [6, 6.07) is 2.23. The van der Waals surface area contributed by atoms with Gasteiger partial charge in [0.05, 0.1) is 10.8 Å². The minimum absolute atomic E-state index is 0.418. The van der Waals surface area contributed by atoms with Gasteiger partial charge in [-0.25, -0.2) is 0 Å². The Morgan fingerprint density at radius 3 is 2.00 bits per heavy atom. The largest absolute Gasteiger partial charge is 0.386 e. The maximum absolute atomic E-state index is 8.83. The summed E-state index contributed by atoms with van der Waals surface area (Å²) in [5.74, 6) is 0. The molecule has 0 atom stereocenters. The minimum Gasteiger partial charge on any atom is -0.386 e. The van der Waals surface area contributed by atoms with Crippen LogP contribution in [0.5, 0.6) is 0 Å². The summed E-state index contributed by atoms with van der Waals surface area (Å²) in [4.78, 5) is 0. The van der Waals surface area contributed by atoms with Gasteiger partial charge in [-0.15, -0.1) is 0 Å². The Balaban J connectivity index is 4.86. The van der Waals surface area contributed by atoms with Gasteiger partial charge in [-0.3, -0.25) is 0 Å². The second-order valence-corrected chi connectivity index (χ2v) is 8.08. The molecule has 0 aliphatic rings. The van der Waals surface area contributed by atoms with Crippen LogP contribution in [0.15, 0.2) is 0 Å². The van der Waals surface area contributed by atoms with E-state index in [0.717, 1.165) is 0 Å². The molecule has 0 aliphatic carbocycles. The number of nitrogens with zero attached hydrogens (tertiary/aromatic N) is 1. The van der Waals surface area contributed by atoms with Crippen molar-refractivity contribution < 1.29 is 0 Å². The molecule has 0 saturated carbocycles. The van der Waals surface area contributed by atoms with Gasteiger partial charge in [0.15, 0.2) is 0 Å². The molecule has 4 heteroatoms. The van der Waals surface area contributed by atoms with Gasteiger partial charge in [0.2, 0.25) is 0 Å². The highest BCUT2D eigenvalue weighted by Gasteiger charge is 2.34. The van der Waals surface area contributed by atoms with Crippen LogP contribution in [0.4, 0.5) is 0 Å². The van der Waals surface area contributed by atoms with Crippen molar-refractivity contribution in [1.29, 1.82) is 5.26 Å². The van der Waals surface area contributed by atoms with Gasteiger partial charge in [-0.2, -0.15) is 15.3 Å². The lowest BCUT2D eigenvalue weighted by Crippen LogP contribution is -2.33.